The number of esters is 1. The number of ether oxygens (including phenoxy) is 2. The summed E-state index contributed by atoms with van der Waals surface area (Å²) in [6.07, 6.45) is 2.08. The highest BCUT2D eigenvalue weighted by Gasteiger charge is 2.31. The SMILES string of the molecule is CCCCOc1ccc([C@@H]2NC(=O)NC(C)=C2C(=O)OC)cc1. The van der Waals surface area contributed by atoms with Crippen LogP contribution in [0.4, 0.5) is 4.79 Å². The molecule has 0 saturated heterocycles. The van der Waals surface area contributed by atoms with Crippen LogP contribution in [0, 0.1) is 0 Å². The number of methoxy groups -OCH3 is 1. The van der Waals surface area contributed by atoms with E-state index in [1.807, 2.05) is 24.3 Å². The lowest BCUT2D eigenvalue weighted by atomic mass is 9.95. The third kappa shape index (κ3) is 4.03. The number of rotatable bonds is 6. The molecule has 1 heterocycles. The van der Waals surface area contributed by atoms with Gasteiger partial charge in [-0.25, -0.2) is 9.59 Å². The Bertz CT molecular complexity index is 608. The van der Waals surface area contributed by atoms with E-state index in [-0.39, 0.29) is 6.03 Å². The van der Waals surface area contributed by atoms with Crippen LogP contribution in [0.3, 0.4) is 0 Å². The van der Waals surface area contributed by atoms with Gasteiger partial charge in [0.15, 0.2) is 0 Å². The molecule has 0 saturated carbocycles. The fourth-order valence-corrected chi connectivity index (χ4v) is 2.42. The molecule has 23 heavy (non-hydrogen) atoms. The minimum absolute atomic E-state index is 0.344. The smallest absolute Gasteiger partial charge is 0.337 e. The van der Waals surface area contributed by atoms with Crippen LogP contribution in [0.25, 0.3) is 0 Å². The number of amides is 2. The van der Waals surface area contributed by atoms with Crippen molar-refractivity contribution in [2.24, 2.45) is 0 Å². The van der Waals surface area contributed by atoms with Crippen molar-refractivity contribution in [3.05, 3.63) is 41.1 Å². The molecule has 1 aromatic carbocycles. The van der Waals surface area contributed by atoms with Gasteiger partial charge in [0, 0.05) is 5.70 Å². The van der Waals surface area contributed by atoms with E-state index >= 15 is 0 Å². The van der Waals surface area contributed by atoms with Crippen molar-refractivity contribution in [1.29, 1.82) is 0 Å². The monoisotopic (exact) mass is 318 g/mol. The maximum absolute atomic E-state index is 12.0. The number of unbranched alkanes of at least 4 members (excludes halogenated alkanes) is 1. The third-order valence-electron chi connectivity index (χ3n) is 3.65. The van der Waals surface area contributed by atoms with Crippen LogP contribution in [0.1, 0.15) is 38.3 Å². The zero-order chi connectivity index (χ0) is 16.8. The summed E-state index contributed by atoms with van der Waals surface area (Å²) in [6.45, 7) is 4.46. The van der Waals surface area contributed by atoms with Gasteiger partial charge in [0.25, 0.3) is 0 Å². The molecule has 1 atom stereocenters. The van der Waals surface area contributed by atoms with Gasteiger partial charge in [-0.2, -0.15) is 0 Å². The van der Waals surface area contributed by atoms with Crippen molar-refractivity contribution >= 4 is 12.0 Å². The van der Waals surface area contributed by atoms with Crippen molar-refractivity contribution in [2.75, 3.05) is 13.7 Å². The molecule has 0 aromatic heterocycles. The summed E-state index contributed by atoms with van der Waals surface area (Å²) in [7, 11) is 1.32. The summed E-state index contributed by atoms with van der Waals surface area (Å²) in [4.78, 5) is 23.7. The summed E-state index contributed by atoms with van der Waals surface area (Å²) in [5.74, 6) is 0.297. The van der Waals surface area contributed by atoms with Crippen LogP contribution in [-0.2, 0) is 9.53 Å². The molecule has 0 radical (unpaired) electrons. The van der Waals surface area contributed by atoms with Crippen LogP contribution in [-0.4, -0.2) is 25.7 Å². The molecule has 1 aromatic rings. The number of benzene rings is 1. The summed E-state index contributed by atoms with van der Waals surface area (Å²) >= 11 is 0. The standard InChI is InChI=1S/C17H22N2O4/c1-4-5-10-23-13-8-6-12(7-9-13)15-14(16(20)22-3)11(2)18-17(21)19-15/h6-9,15H,4-5,10H2,1-3H3,(H2,18,19,21)/t15-/m0/s1. The molecule has 0 spiro atoms. The Balaban J connectivity index is 2.22. The molecule has 0 bridgehead atoms. The summed E-state index contributed by atoms with van der Waals surface area (Å²) in [6, 6.07) is 6.47. The van der Waals surface area contributed by atoms with Gasteiger partial charge in [0.2, 0.25) is 0 Å². The van der Waals surface area contributed by atoms with Crippen LogP contribution in [0.2, 0.25) is 0 Å². The Kier molecular flexibility index (Phi) is 5.62. The zero-order valence-electron chi connectivity index (χ0n) is 13.6. The first-order valence-corrected chi connectivity index (χ1v) is 7.66. The molecule has 2 rings (SSSR count). The maximum Gasteiger partial charge on any atom is 0.337 e. The van der Waals surface area contributed by atoms with E-state index < -0.39 is 12.0 Å². The highest BCUT2D eigenvalue weighted by molar-refractivity contribution is 5.94. The average molecular weight is 318 g/mol. The Labute approximate surface area is 135 Å². The first-order valence-electron chi connectivity index (χ1n) is 7.66. The van der Waals surface area contributed by atoms with Gasteiger partial charge in [0.1, 0.15) is 5.75 Å². The van der Waals surface area contributed by atoms with Gasteiger partial charge in [-0.1, -0.05) is 25.5 Å². The minimum Gasteiger partial charge on any atom is -0.494 e. The fourth-order valence-electron chi connectivity index (χ4n) is 2.42. The van der Waals surface area contributed by atoms with Crippen molar-refractivity contribution in [3.8, 4) is 5.75 Å². The van der Waals surface area contributed by atoms with Gasteiger partial charge in [-0.05, 0) is 31.0 Å². The highest BCUT2D eigenvalue weighted by atomic mass is 16.5. The lowest BCUT2D eigenvalue weighted by molar-refractivity contribution is -0.136. The number of hydrogen-bond acceptors (Lipinski definition) is 4. The average Bonchev–Trinajstić information content (AvgIpc) is 2.54. The second-order valence-electron chi connectivity index (χ2n) is 5.33. The van der Waals surface area contributed by atoms with Crippen molar-refractivity contribution in [2.45, 2.75) is 32.7 Å². The summed E-state index contributed by atoms with van der Waals surface area (Å²) < 4.78 is 10.4. The first-order chi connectivity index (χ1) is 11.1. The predicted octanol–water partition coefficient (Wildman–Crippen LogP) is 2.67. The lowest BCUT2D eigenvalue weighted by Crippen LogP contribution is -2.45. The molecule has 124 valence electrons. The first kappa shape index (κ1) is 16.9. The molecule has 2 N–H and O–H groups in total. The highest BCUT2D eigenvalue weighted by Crippen LogP contribution is 2.28. The Morgan fingerprint density at radius 1 is 1.26 bits per heavy atom. The number of hydrogen-bond donors (Lipinski definition) is 2. The number of urea groups is 1. The lowest BCUT2D eigenvalue weighted by Gasteiger charge is -2.27. The van der Waals surface area contributed by atoms with Crippen molar-refractivity contribution in [1.82, 2.24) is 10.6 Å². The van der Waals surface area contributed by atoms with Crippen LogP contribution < -0.4 is 15.4 Å². The van der Waals surface area contributed by atoms with Gasteiger partial charge in [0.05, 0.1) is 25.3 Å². The molecular weight excluding hydrogens is 296 g/mol. The molecule has 0 fully saturated rings. The molecule has 0 aliphatic carbocycles. The topological polar surface area (TPSA) is 76.7 Å². The van der Waals surface area contributed by atoms with Gasteiger partial charge in [-0.3, -0.25) is 0 Å². The molecule has 6 heteroatoms. The Hall–Kier alpha value is -2.50. The number of nitrogens with one attached hydrogen (secondary N) is 2. The molecule has 0 unspecified atom stereocenters. The number of allylic oxidation sites excluding steroid dienone is 1. The van der Waals surface area contributed by atoms with Gasteiger partial charge in [-0.15, -0.1) is 0 Å². The van der Waals surface area contributed by atoms with E-state index in [1.165, 1.54) is 7.11 Å². The Morgan fingerprint density at radius 2 is 1.96 bits per heavy atom. The second-order valence-corrected chi connectivity index (χ2v) is 5.33. The van der Waals surface area contributed by atoms with Crippen molar-refractivity contribution < 1.29 is 19.1 Å². The third-order valence-corrected chi connectivity index (χ3v) is 3.65. The molecule has 1 aliphatic heterocycles. The van der Waals surface area contributed by atoms with Crippen LogP contribution in [0.5, 0.6) is 5.75 Å². The maximum atomic E-state index is 12.0. The molecular formula is C17H22N2O4. The second kappa shape index (κ2) is 7.67. The van der Waals surface area contributed by atoms with E-state index in [2.05, 4.69) is 17.6 Å². The van der Waals surface area contributed by atoms with Gasteiger partial charge < -0.3 is 20.1 Å². The van der Waals surface area contributed by atoms with Gasteiger partial charge >= 0.3 is 12.0 Å². The molecule has 6 nitrogen and oxygen atoms in total. The van der Waals surface area contributed by atoms with E-state index in [0.29, 0.717) is 17.9 Å². The van der Waals surface area contributed by atoms with E-state index in [1.54, 1.807) is 6.92 Å². The number of carbonyl (C=O) groups excluding carboxylic acids is 2. The number of carbonyl (C=O) groups is 2. The zero-order valence-corrected chi connectivity index (χ0v) is 13.6. The van der Waals surface area contributed by atoms with Crippen LogP contribution in [0.15, 0.2) is 35.5 Å². The normalized spacial score (nSPS) is 17.3. The molecule has 2 amide bonds. The van der Waals surface area contributed by atoms with E-state index in [4.69, 9.17) is 9.47 Å². The van der Waals surface area contributed by atoms with Crippen LogP contribution >= 0.6 is 0 Å². The predicted molar refractivity (Wildman–Crippen MR) is 86.0 cm³/mol. The Morgan fingerprint density at radius 3 is 2.57 bits per heavy atom. The summed E-state index contributed by atoms with van der Waals surface area (Å²) in [5.41, 5.74) is 1.68. The van der Waals surface area contributed by atoms with E-state index in [9.17, 15) is 9.59 Å². The van der Waals surface area contributed by atoms with Crippen molar-refractivity contribution in [3.63, 3.8) is 0 Å². The fraction of sp³-hybridized carbons (Fsp3) is 0.412. The molecule has 1 aliphatic rings. The quantitative estimate of drug-likeness (QED) is 0.624. The van der Waals surface area contributed by atoms with E-state index in [0.717, 1.165) is 24.2 Å². The largest absolute Gasteiger partial charge is 0.494 e. The minimum atomic E-state index is -0.541. The summed E-state index contributed by atoms with van der Waals surface area (Å²) in [5, 5.41) is 5.34.